The van der Waals surface area contributed by atoms with Crippen LogP contribution in [0.25, 0.3) is 0 Å². The van der Waals surface area contributed by atoms with Gasteiger partial charge in [-0.25, -0.2) is 0 Å². The number of aliphatic hydroxyl groups excluding tert-OH is 1. The molecule has 0 spiro atoms. The summed E-state index contributed by atoms with van der Waals surface area (Å²) in [6.45, 7) is 2.79. The zero-order chi connectivity index (χ0) is 13.1. The molecule has 1 aromatic rings. The van der Waals surface area contributed by atoms with Crippen molar-refractivity contribution in [3.05, 3.63) is 28.8 Å². The van der Waals surface area contributed by atoms with E-state index in [1.165, 1.54) is 0 Å². The summed E-state index contributed by atoms with van der Waals surface area (Å²) in [6, 6.07) is 5.38. The molecule has 0 saturated carbocycles. The minimum absolute atomic E-state index is 0.123. The standard InChI is InChI=1S/C14H19ClO3/c1-3-13-11(6-7-18-13)14(16)10-5-4-9(17-2)8-12(10)15/h4-5,8,11,13-14,16H,3,6-7H2,1-2H3. The molecule has 100 valence electrons. The van der Waals surface area contributed by atoms with Crippen molar-refractivity contribution in [1.29, 1.82) is 0 Å². The van der Waals surface area contributed by atoms with Crippen LogP contribution in [0.15, 0.2) is 18.2 Å². The Hall–Kier alpha value is -0.770. The second-order valence-electron chi connectivity index (χ2n) is 4.60. The summed E-state index contributed by atoms with van der Waals surface area (Å²) in [5.74, 6) is 0.826. The highest BCUT2D eigenvalue weighted by Crippen LogP contribution is 2.38. The molecule has 0 amide bonds. The van der Waals surface area contributed by atoms with E-state index < -0.39 is 6.10 Å². The first-order valence-corrected chi connectivity index (χ1v) is 6.68. The summed E-state index contributed by atoms with van der Waals surface area (Å²) in [4.78, 5) is 0. The van der Waals surface area contributed by atoms with Crippen LogP contribution in [-0.4, -0.2) is 24.9 Å². The second-order valence-corrected chi connectivity index (χ2v) is 5.01. The smallest absolute Gasteiger partial charge is 0.120 e. The number of hydrogen-bond donors (Lipinski definition) is 1. The molecule has 0 aromatic heterocycles. The van der Waals surface area contributed by atoms with Gasteiger partial charge in [-0.2, -0.15) is 0 Å². The average Bonchev–Trinajstić information content (AvgIpc) is 2.86. The van der Waals surface area contributed by atoms with Gasteiger partial charge in [0.15, 0.2) is 0 Å². The number of ether oxygens (including phenoxy) is 2. The lowest BCUT2D eigenvalue weighted by Crippen LogP contribution is -2.22. The van der Waals surface area contributed by atoms with Crippen molar-refractivity contribution < 1.29 is 14.6 Å². The Morgan fingerprint density at radius 1 is 1.56 bits per heavy atom. The maximum Gasteiger partial charge on any atom is 0.120 e. The lowest BCUT2D eigenvalue weighted by Gasteiger charge is -2.24. The summed E-state index contributed by atoms with van der Waals surface area (Å²) >= 11 is 6.19. The molecule has 18 heavy (non-hydrogen) atoms. The van der Waals surface area contributed by atoms with Crippen LogP contribution < -0.4 is 4.74 Å². The van der Waals surface area contributed by atoms with E-state index in [0.717, 1.165) is 18.4 Å². The molecule has 0 radical (unpaired) electrons. The highest BCUT2D eigenvalue weighted by molar-refractivity contribution is 6.31. The van der Waals surface area contributed by atoms with Crippen LogP contribution in [0.3, 0.4) is 0 Å². The van der Waals surface area contributed by atoms with Gasteiger partial charge in [-0.3, -0.25) is 0 Å². The summed E-state index contributed by atoms with van der Waals surface area (Å²) in [5, 5.41) is 11.0. The van der Waals surface area contributed by atoms with Crippen molar-refractivity contribution in [2.24, 2.45) is 5.92 Å². The van der Waals surface area contributed by atoms with Gasteiger partial charge in [-0.05, 0) is 30.5 Å². The van der Waals surface area contributed by atoms with E-state index in [2.05, 4.69) is 6.92 Å². The Labute approximate surface area is 113 Å². The fraction of sp³-hybridized carbons (Fsp3) is 0.571. The SMILES string of the molecule is CCC1OCCC1C(O)c1ccc(OC)cc1Cl. The first-order valence-electron chi connectivity index (χ1n) is 6.30. The number of halogens is 1. The minimum atomic E-state index is -0.573. The molecule has 2 rings (SSSR count). The number of aliphatic hydroxyl groups is 1. The van der Waals surface area contributed by atoms with E-state index >= 15 is 0 Å². The first-order chi connectivity index (χ1) is 8.67. The van der Waals surface area contributed by atoms with Crippen molar-refractivity contribution in [1.82, 2.24) is 0 Å². The van der Waals surface area contributed by atoms with E-state index in [-0.39, 0.29) is 12.0 Å². The van der Waals surface area contributed by atoms with Gasteiger partial charge in [0, 0.05) is 12.5 Å². The number of benzene rings is 1. The van der Waals surface area contributed by atoms with Crippen LogP contribution in [0.5, 0.6) is 5.75 Å². The van der Waals surface area contributed by atoms with Gasteiger partial charge >= 0.3 is 0 Å². The lowest BCUT2D eigenvalue weighted by molar-refractivity contribution is 0.0308. The maximum absolute atomic E-state index is 10.5. The summed E-state index contributed by atoms with van der Waals surface area (Å²) in [7, 11) is 1.60. The second kappa shape index (κ2) is 5.91. The normalized spacial score (nSPS) is 25.1. The predicted octanol–water partition coefficient (Wildman–Crippen LogP) is 3.20. The molecule has 3 nitrogen and oxygen atoms in total. The summed E-state index contributed by atoms with van der Waals surface area (Å²) in [5.41, 5.74) is 0.756. The highest BCUT2D eigenvalue weighted by Gasteiger charge is 2.34. The quantitative estimate of drug-likeness (QED) is 0.913. The summed E-state index contributed by atoms with van der Waals surface area (Å²) in [6.07, 6.45) is 1.34. The zero-order valence-corrected chi connectivity index (χ0v) is 11.5. The molecule has 1 N–H and O–H groups in total. The molecular formula is C14H19ClO3. The van der Waals surface area contributed by atoms with Gasteiger partial charge in [0.2, 0.25) is 0 Å². The Morgan fingerprint density at radius 2 is 2.33 bits per heavy atom. The van der Waals surface area contributed by atoms with Crippen molar-refractivity contribution >= 4 is 11.6 Å². The molecule has 1 aliphatic rings. The van der Waals surface area contributed by atoms with Crippen LogP contribution in [0.1, 0.15) is 31.4 Å². The molecule has 0 aliphatic carbocycles. The number of rotatable bonds is 4. The minimum Gasteiger partial charge on any atom is -0.497 e. The molecule has 3 unspecified atom stereocenters. The first kappa shape index (κ1) is 13.7. The molecule has 1 aliphatic heterocycles. The van der Waals surface area contributed by atoms with Crippen molar-refractivity contribution in [3.63, 3.8) is 0 Å². The number of hydrogen-bond acceptors (Lipinski definition) is 3. The van der Waals surface area contributed by atoms with Crippen LogP contribution in [0, 0.1) is 5.92 Å². The Morgan fingerprint density at radius 3 is 2.94 bits per heavy atom. The molecular weight excluding hydrogens is 252 g/mol. The third kappa shape index (κ3) is 2.63. The van der Waals surface area contributed by atoms with E-state index in [1.54, 1.807) is 13.2 Å². The molecule has 1 heterocycles. The Balaban J connectivity index is 2.20. The number of methoxy groups -OCH3 is 1. The van der Waals surface area contributed by atoms with Crippen molar-refractivity contribution in [2.45, 2.75) is 32.0 Å². The van der Waals surface area contributed by atoms with Crippen LogP contribution in [-0.2, 0) is 4.74 Å². The lowest BCUT2D eigenvalue weighted by atomic mass is 9.89. The molecule has 4 heteroatoms. The highest BCUT2D eigenvalue weighted by atomic mass is 35.5. The van der Waals surface area contributed by atoms with Gasteiger partial charge in [-0.1, -0.05) is 24.6 Å². The third-order valence-electron chi connectivity index (χ3n) is 3.59. The van der Waals surface area contributed by atoms with E-state index in [4.69, 9.17) is 21.1 Å². The Bertz CT molecular complexity index is 408. The van der Waals surface area contributed by atoms with Crippen molar-refractivity contribution in [3.8, 4) is 5.75 Å². The monoisotopic (exact) mass is 270 g/mol. The third-order valence-corrected chi connectivity index (χ3v) is 3.92. The van der Waals surface area contributed by atoms with E-state index in [1.807, 2.05) is 12.1 Å². The zero-order valence-electron chi connectivity index (χ0n) is 10.7. The average molecular weight is 271 g/mol. The van der Waals surface area contributed by atoms with Crippen LogP contribution in [0.4, 0.5) is 0 Å². The predicted molar refractivity (Wildman–Crippen MR) is 71.1 cm³/mol. The van der Waals surface area contributed by atoms with Gasteiger partial charge in [0.25, 0.3) is 0 Å². The molecule has 1 saturated heterocycles. The van der Waals surface area contributed by atoms with Gasteiger partial charge < -0.3 is 14.6 Å². The van der Waals surface area contributed by atoms with E-state index in [9.17, 15) is 5.11 Å². The maximum atomic E-state index is 10.5. The fourth-order valence-corrected chi connectivity index (χ4v) is 2.83. The fourth-order valence-electron chi connectivity index (χ4n) is 2.55. The molecule has 1 fully saturated rings. The summed E-state index contributed by atoms with van der Waals surface area (Å²) < 4.78 is 10.7. The van der Waals surface area contributed by atoms with Gasteiger partial charge in [0.1, 0.15) is 5.75 Å². The Kier molecular flexibility index (Phi) is 4.49. The van der Waals surface area contributed by atoms with Crippen LogP contribution >= 0.6 is 11.6 Å². The largest absolute Gasteiger partial charge is 0.497 e. The van der Waals surface area contributed by atoms with Crippen molar-refractivity contribution in [2.75, 3.05) is 13.7 Å². The molecule has 0 bridgehead atoms. The van der Waals surface area contributed by atoms with Gasteiger partial charge in [0.05, 0.1) is 24.3 Å². The van der Waals surface area contributed by atoms with Crippen LogP contribution in [0.2, 0.25) is 5.02 Å². The molecule has 1 aromatic carbocycles. The van der Waals surface area contributed by atoms with E-state index in [0.29, 0.717) is 17.4 Å². The molecule has 3 atom stereocenters. The topological polar surface area (TPSA) is 38.7 Å². The van der Waals surface area contributed by atoms with Gasteiger partial charge in [-0.15, -0.1) is 0 Å².